The Labute approximate surface area is 209 Å². The van der Waals surface area contributed by atoms with Crippen LogP contribution in [0.5, 0.6) is 0 Å². The smallest absolute Gasteiger partial charge is 0.213 e. The fourth-order valence-corrected chi connectivity index (χ4v) is 7.89. The molecule has 5 nitrogen and oxygen atoms in total. The van der Waals surface area contributed by atoms with E-state index in [0.29, 0.717) is 23.8 Å². The average molecular weight is 482 g/mol. The maximum Gasteiger partial charge on any atom is 0.213 e. The summed E-state index contributed by atoms with van der Waals surface area (Å²) in [6.07, 6.45) is 15.1. The van der Waals surface area contributed by atoms with Gasteiger partial charge in [0.1, 0.15) is 0 Å². The molecule has 0 radical (unpaired) electrons. The zero-order valence-corrected chi connectivity index (χ0v) is 22.9. The molecular weight excluding hydrogens is 426 g/mol. The topological polar surface area (TPSA) is 71.0 Å². The molecule has 0 aromatic rings. The number of rotatable bonds is 13. The summed E-state index contributed by atoms with van der Waals surface area (Å²) < 4.78 is 11.4. The van der Waals surface area contributed by atoms with Crippen molar-refractivity contribution >= 4 is 0 Å². The van der Waals surface area contributed by atoms with Crippen molar-refractivity contribution in [2.24, 2.45) is 34.5 Å². The second-order valence-corrected chi connectivity index (χ2v) is 12.6. The van der Waals surface area contributed by atoms with Crippen LogP contribution in [-0.4, -0.2) is 49.1 Å². The van der Waals surface area contributed by atoms with Crippen molar-refractivity contribution in [2.45, 2.75) is 130 Å². The van der Waals surface area contributed by atoms with Crippen molar-refractivity contribution in [1.29, 1.82) is 0 Å². The monoisotopic (exact) mass is 481 g/mol. The first kappa shape index (κ1) is 28.4. The molecule has 5 heteroatoms. The van der Waals surface area contributed by atoms with Gasteiger partial charge in [-0.05, 0) is 105 Å². The molecule has 0 amide bonds. The first-order chi connectivity index (χ1) is 16.2. The van der Waals surface area contributed by atoms with E-state index in [0.717, 1.165) is 42.9 Å². The van der Waals surface area contributed by atoms with E-state index in [9.17, 15) is 5.11 Å². The Morgan fingerprint density at radius 2 is 1.76 bits per heavy atom. The van der Waals surface area contributed by atoms with Crippen molar-refractivity contribution < 1.29 is 19.7 Å². The third-order valence-corrected chi connectivity index (χ3v) is 11.0. The third-order valence-electron chi connectivity index (χ3n) is 11.0. The maximum absolute atomic E-state index is 10.4. The van der Waals surface area contributed by atoms with Crippen LogP contribution in [-0.2, 0) is 9.47 Å². The predicted molar refractivity (Wildman–Crippen MR) is 138 cm³/mol. The summed E-state index contributed by atoms with van der Waals surface area (Å²) in [5.41, 5.74) is 0.991. The molecule has 8 unspecified atom stereocenters. The number of hydrogen-bond donors (Lipinski definition) is 3. The quantitative estimate of drug-likeness (QED) is 0.287. The summed E-state index contributed by atoms with van der Waals surface area (Å²) >= 11 is 0. The van der Waals surface area contributed by atoms with Crippen LogP contribution >= 0.6 is 0 Å². The molecule has 34 heavy (non-hydrogen) atoms. The molecule has 3 fully saturated rings. The highest BCUT2D eigenvalue weighted by Gasteiger charge is 2.48. The molecular formula is C29H55NO4. The lowest BCUT2D eigenvalue weighted by Gasteiger charge is -2.52. The second-order valence-electron chi connectivity index (χ2n) is 12.6. The zero-order valence-electron chi connectivity index (χ0n) is 22.9. The van der Waals surface area contributed by atoms with Gasteiger partial charge in [0, 0.05) is 20.3 Å². The normalized spacial score (nSPS) is 40.1. The molecule has 0 spiro atoms. The molecule has 0 saturated heterocycles. The lowest BCUT2D eigenvalue weighted by molar-refractivity contribution is -0.181. The minimum atomic E-state index is -0.920. The van der Waals surface area contributed by atoms with Gasteiger partial charge in [-0.3, -0.25) is 5.32 Å². The van der Waals surface area contributed by atoms with Gasteiger partial charge in [-0.25, -0.2) is 0 Å². The Hall–Kier alpha value is -0.200. The van der Waals surface area contributed by atoms with Gasteiger partial charge in [0.2, 0.25) is 6.41 Å². The lowest BCUT2D eigenvalue weighted by Crippen LogP contribution is -2.47. The molecule has 0 heterocycles. The van der Waals surface area contributed by atoms with Crippen molar-refractivity contribution in [1.82, 2.24) is 5.32 Å². The van der Waals surface area contributed by atoms with Gasteiger partial charge in [-0.1, -0.05) is 40.5 Å². The zero-order chi connectivity index (χ0) is 24.8. The Morgan fingerprint density at radius 3 is 2.44 bits per heavy atom. The number of aliphatic hydroxyl groups is 2. The highest BCUT2D eigenvalue weighted by Crippen LogP contribution is 2.56. The molecule has 200 valence electrons. The SMILES string of the molecule is COC(CCO)CCNC(O)OC1CCC2(C)C(CCCC3(C)C(C)CCC3C)CCCC2C1. The number of nitrogens with one attached hydrogen (secondary N) is 1. The van der Waals surface area contributed by atoms with Gasteiger partial charge in [0.05, 0.1) is 12.2 Å². The van der Waals surface area contributed by atoms with E-state index in [1.807, 2.05) is 0 Å². The van der Waals surface area contributed by atoms with Crippen molar-refractivity contribution in [2.75, 3.05) is 20.3 Å². The first-order valence-electron chi connectivity index (χ1n) is 14.4. The molecule has 3 aliphatic carbocycles. The van der Waals surface area contributed by atoms with Crippen LogP contribution in [0.4, 0.5) is 0 Å². The number of aliphatic hydroxyl groups excluding tert-OH is 2. The van der Waals surface area contributed by atoms with Gasteiger partial charge < -0.3 is 19.7 Å². The van der Waals surface area contributed by atoms with Gasteiger partial charge in [-0.2, -0.15) is 0 Å². The van der Waals surface area contributed by atoms with Gasteiger partial charge in [0.25, 0.3) is 0 Å². The van der Waals surface area contributed by atoms with E-state index in [4.69, 9.17) is 14.6 Å². The van der Waals surface area contributed by atoms with Crippen molar-refractivity contribution in [3.05, 3.63) is 0 Å². The van der Waals surface area contributed by atoms with Gasteiger partial charge in [0.15, 0.2) is 0 Å². The maximum atomic E-state index is 10.4. The molecule has 3 aliphatic rings. The standard InChI is InChI=1S/C29H55NO4/c1-21-11-12-22(2)28(21,3)16-7-10-23-8-6-9-24-20-26(13-17-29(23,24)4)34-27(32)30-18-14-25(33-5)15-19-31/h21-27,30-32H,6-20H2,1-5H3. The second kappa shape index (κ2) is 12.9. The number of fused-ring (bicyclic) bond motifs is 1. The van der Waals surface area contributed by atoms with Gasteiger partial charge >= 0.3 is 0 Å². The third kappa shape index (κ3) is 6.76. The molecule has 0 aromatic heterocycles. The van der Waals surface area contributed by atoms with Crippen LogP contribution in [0.1, 0.15) is 111 Å². The summed E-state index contributed by atoms with van der Waals surface area (Å²) in [5.74, 6) is 3.32. The molecule has 3 rings (SSSR count). The Balaban J connectivity index is 1.43. The molecule has 3 saturated carbocycles. The molecule has 0 bridgehead atoms. The average Bonchev–Trinajstić information content (AvgIpc) is 3.06. The number of methoxy groups -OCH3 is 1. The molecule has 8 atom stereocenters. The molecule has 0 aromatic carbocycles. The van der Waals surface area contributed by atoms with E-state index in [1.165, 1.54) is 57.8 Å². The first-order valence-corrected chi connectivity index (χ1v) is 14.4. The summed E-state index contributed by atoms with van der Waals surface area (Å²) in [5, 5.41) is 22.6. The number of ether oxygens (including phenoxy) is 2. The Kier molecular flexibility index (Phi) is 10.7. The van der Waals surface area contributed by atoms with Crippen LogP contribution in [0.2, 0.25) is 0 Å². The van der Waals surface area contributed by atoms with Crippen molar-refractivity contribution in [3.8, 4) is 0 Å². The highest BCUT2D eigenvalue weighted by molar-refractivity contribution is 4.98. The predicted octanol–water partition coefficient (Wildman–Crippen LogP) is 5.87. The summed E-state index contributed by atoms with van der Waals surface area (Å²) in [6.45, 7) is 10.8. The van der Waals surface area contributed by atoms with E-state index in [1.54, 1.807) is 7.11 Å². The number of hydrogen-bond acceptors (Lipinski definition) is 5. The molecule has 0 aliphatic heterocycles. The summed E-state index contributed by atoms with van der Waals surface area (Å²) in [7, 11) is 1.67. The summed E-state index contributed by atoms with van der Waals surface area (Å²) in [4.78, 5) is 0. The molecule has 3 N–H and O–H groups in total. The highest BCUT2D eigenvalue weighted by atomic mass is 16.6. The fraction of sp³-hybridized carbons (Fsp3) is 1.00. The van der Waals surface area contributed by atoms with E-state index < -0.39 is 6.41 Å². The van der Waals surface area contributed by atoms with E-state index in [2.05, 4.69) is 33.0 Å². The van der Waals surface area contributed by atoms with Crippen LogP contribution in [0.15, 0.2) is 0 Å². The van der Waals surface area contributed by atoms with Crippen LogP contribution < -0.4 is 5.32 Å². The van der Waals surface area contributed by atoms with E-state index >= 15 is 0 Å². The van der Waals surface area contributed by atoms with Crippen LogP contribution in [0.3, 0.4) is 0 Å². The minimum Gasteiger partial charge on any atom is -0.396 e. The Morgan fingerprint density at radius 1 is 1.03 bits per heavy atom. The summed E-state index contributed by atoms with van der Waals surface area (Å²) in [6, 6.07) is 0. The largest absolute Gasteiger partial charge is 0.396 e. The minimum absolute atomic E-state index is 0.0157. The van der Waals surface area contributed by atoms with Crippen LogP contribution in [0, 0.1) is 34.5 Å². The van der Waals surface area contributed by atoms with Gasteiger partial charge in [-0.15, -0.1) is 0 Å². The fourth-order valence-electron chi connectivity index (χ4n) is 7.89. The lowest BCUT2D eigenvalue weighted by atomic mass is 9.54. The van der Waals surface area contributed by atoms with Crippen molar-refractivity contribution in [3.63, 3.8) is 0 Å². The Bertz CT molecular complexity index is 591. The van der Waals surface area contributed by atoms with Crippen LogP contribution in [0.25, 0.3) is 0 Å². The van der Waals surface area contributed by atoms with E-state index in [-0.39, 0.29) is 18.8 Å².